The van der Waals surface area contributed by atoms with Crippen molar-refractivity contribution < 1.29 is 0 Å². The highest BCUT2D eigenvalue weighted by atomic mass is 127. The van der Waals surface area contributed by atoms with Gasteiger partial charge in [-0.05, 0) is 40.7 Å². The summed E-state index contributed by atoms with van der Waals surface area (Å²) in [6, 6.07) is 9.85. The van der Waals surface area contributed by atoms with Crippen molar-refractivity contribution in [2.24, 2.45) is 10.7 Å². The average molecular weight is 369 g/mol. The highest BCUT2D eigenvalue weighted by Gasteiger charge is 1.97. The summed E-state index contributed by atoms with van der Waals surface area (Å²) in [6.07, 6.45) is 4.12. The summed E-state index contributed by atoms with van der Waals surface area (Å²) < 4.78 is 0.813. The molecule has 0 aliphatic rings. The van der Waals surface area contributed by atoms with Crippen molar-refractivity contribution in [3.63, 3.8) is 0 Å². The molecule has 0 atom stereocenters. The number of benzene rings is 1. The van der Waals surface area contributed by atoms with Gasteiger partial charge in [0.15, 0.2) is 0 Å². The van der Waals surface area contributed by atoms with E-state index in [-0.39, 0.29) is 0 Å². The Morgan fingerprint density at radius 3 is 2.74 bits per heavy atom. The van der Waals surface area contributed by atoms with Gasteiger partial charge in [0, 0.05) is 12.2 Å². The van der Waals surface area contributed by atoms with E-state index in [1.165, 1.54) is 0 Å². The van der Waals surface area contributed by atoms with Gasteiger partial charge >= 0.3 is 0 Å². The summed E-state index contributed by atoms with van der Waals surface area (Å²) in [7, 11) is 0. The fourth-order valence-electron chi connectivity index (χ4n) is 1.45. The van der Waals surface area contributed by atoms with Crippen molar-refractivity contribution in [2.75, 3.05) is 6.54 Å². The molecule has 1 aromatic rings. The van der Waals surface area contributed by atoms with E-state index in [1.54, 1.807) is 0 Å². The third kappa shape index (κ3) is 6.42. The fraction of sp³-hybridized carbons (Fsp3) is 0.267. The van der Waals surface area contributed by atoms with Crippen LogP contribution in [-0.4, -0.2) is 10.3 Å². The number of aliphatic imine (C=N–C) groups is 1. The molecule has 0 aromatic heterocycles. The van der Waals surface area contributed by atoms with Gasteiger partial charge in [-0.1, -0.05) is 50.3 Å². The smallest absolute Gasteiger partial charge is 0.119 e. The lowest BCUT2D eigenvalue weighted by atomic mass is 10.1. The highest BCUT2D eigenvalue weighted by molar-refractivity contribution is 14.1. The third-order valence-corrected chi connectivity index (χ3v) is 3.04. The van der Waals surface area contributed by atoms with Gasteiger partial charge in [-0.25, -0.2) is 4.99 Å². The molecule has 1 aromatic carbocycles. The van der Waals surface area contributed by atoms with Crippen molar-refractivity contribution in [2.45, 2.75) is 19.8 Å². The summed E-state index contributed by atoms with van der Waals surface area (Å²) in [5.74, 6) is 0.676. The van der Waals surface area contributed by atoms with Crippen molar-refractivity contribution in [1.82, 2.24) is 5.32 Å². The Labute approximate surface area is 128 Å². The molecule has 0 radical (unpaired) electrons. The zero-order valence-electron chi connectivity index (χ0n) is 11.2. The van der Waals surface area contributed by atoms with Crippen LogP contribution in [0.1, 0.15) is 25.3 Å². The van der Waals surface area contributed by atoms with E-state index in [1.807, 2.05) is 36.4 Å². The van der Waals surface area contributed by atoms with Gasteiger partial charge in [0.25, 0.3) is 0 Å². The second kappa shape index (κ2) is 8.74. The second-order valence-corrected chi connectivity index (χ2v) is 5.23. The molecule has 0 bridgehead atoms. The lowest BCUT2D eigenvalue weighted by Gasteiger charge is -2.04. The van der Waals surface area contributed by atoms with Crippen molar-refractivity contribution >= 4 is 32.0 Å². The molecule has 0 saturated heterocycles. The Kier molecular flexibility index (Phi) is 7.25. The fourth-order valence-corrected chi connectivity index (χ4v) is 2.08. The van der Waals surface area contributed by atoms with Crippen LogP contribution in [0.3, 0.4) is 0 Å². The first-order valence-electron chi connectivity index (χ1n) is 6.33. The molecular weight excluding hydrogens is 349 g/mol. The number of nitrogens with one attached hydrogen (secondary N) is 1. The van der Waals surface area contributed by atoms with Gasteiger partial charge in [-0.2, -0.15) is 0 Å². The van der Waals surface area contributed by atoms with Crippen LogP contribution in [0.2, 0.25) is 0 Å². The van der Waals surface area contributed by atoms with Crippen LogP contribution in [0.5, 0.6) is 0 Å². The van der Waals surface area contributed by atoms with Crippen LogP contribution in [0.15, 0.2) is 53.8 Å². The van der Waals surface area contributed by atoms with Crippen LogP contribution < -0.4 is 11.1 Å². The van der Waals surface area contributed by atoms with Gasteiger partial charge in [-0.15, -0.1) is 0 Å². The number of hydrogen-bond acceptors (Lipinski definition) is 3. The number of nitrogens with zero attached hydrogens (tertiary/aromatic N) is 1. The van der Waals surface area contributed by atoms with Crippen LogP contribution in [0.4, 0.5) is 0 Å². The van der Waals surface area contributed by atoms with Crippen LogP contribution in [0, 0.1) is 0 Å². The Bertz CT molecular complexity index is 464. The van der Waals surface area contributed by atoms with E-state index in [4.69, 9.17) is 5.73 Å². The summed E-state index contributed by atoms with van der Waals surface area (Å²) in [5.41, 5.74) is 7.72. The predicted molar refractivity (Wildman–Crippen MR) is 92.1 cm³/mol. The first kappa shape index (κ1) is 15.8. The standard InChI is InChI=1S/C15H20IN3/c1-3-4-10-18-12(2)19-15(16)11-14(17)13-8-6-5-7-9-13/h5-9,11,18H,2-4,10,17H2,1H3/b14-11-,19-15+. The topological polar surface area (TPSA) is 50.4 Å². The number of allylic oxidation sites excluding steroid dienone is 1. The summed E-state index contributed by atoms with van der Waals surface area (Å²) in [6.45, 7) is 6.93. The molecule has 19 heavy (non-hydrogen) atoms. The lowest BCUT2D eigenvalue weighted by Crippen LogP contribution is -2.12. The number of rotatable bonds is 7. The van der Waals surface area contributed by atoms with E-state index in [2.05, 4.69) is 46.4 Å². The maximum Gasteiger partial charge on any atom is 0.119 e. The molecule has 0 aliphatic carbocycles. The molecule has 3 N–H and O–H groups in total. The Morgan fingerprint density at radius 2 is 2.11 bits per heavy atom. The van der Waals surface area contributed by atoms with Crippen LogP contribution in [0.25, 0.3) is 5.70 Å². The summed E-state index contributed by atoms with van der Waals surface area (Å²) in [5, 5.41) is 3.17. The molecule has 3 nitrogen and oxygen atoms in total. The summed E-state index contributed by atoms with van der Waals surface area (Å²) >= 11 is 2.15. The minimum atomic E-state index is 0.676. The molecule has 0 heterocycles. The average Bonchev–Trinajstić information content (AvgIpc) is 2.39. The quantitative estimate of drug-likeness (QED) is 0.438. The zero-order chi connectivity index (χ0) is 14.1. The maximum atomic E-state index is 6.02. The molecule has 0 saturated carbocycles. The van der Waals surface area contributed by atoms with E-state index in [9.17, 15) is 0 Å². The van der Waals surface area contributed by atoms with Gasteiger partial charge < -0.3 is 11.1 Å². The highest BCUT2D eigenvalue weighted by Crippen LogP contribution is 2.10. The predicted octanol–water partition coefficient (Wildman–Crippen LogP) is 3.68. The van der Waals surface area contributed by atoms with Crippen molar-refractivity contribution in [1.29, 1.82) is 0 Å². The number of hydrogen-bond donors (Lipinski definition) is 2. The first-order valence-corrected chi connectivity index (χ1v) is 7.41. The third-order valence-electron chi connectivity index (χ3n) is 2.48. The molecular formula is C15H20IN3. The minimum Gasteiger partial charge on any atom is -0.398 e. The first-order chi connectivity index (χ1) is 9.13. The maximum absolute atomic E-state index is 6.02. The molecule has 0 spiro atoms. The largest absolute Gasteiger partial charge is 0.398 e. The minimum absolute atomic E-state index is 0.676. The second-order valence-electron chi connectivity index (χ2n) is 4.13. The van der Waals surface area contributed by atoms with Gasteiger partial charge in [-0.3, -0.25) is 0 Å². The number of halogens is 1. The van der Waals surface area contributed by atoms with Gasteiger partial charge in [0.1, 0.15) is 9.54 Å². The Morgan fingerprint density at radius 1 is 1.42 bits per heavy atom. The van der Waals surface area contributed by atoms with Gasteiger partial charge in [0.2, 0.25) is 0 Å². The van der Waals surface area contributed by atoms with Gasteiger partial charge in [0.05, 0.1) is 0 Å². The van der Waals surface area contributed by atoms with E-state index >= 15 is 0 Å². The molecule has 0 fully saturated rings. The molecule has 1 rings (SSSR count). The summed E-state index contributed by atoms with van der Waals surface area (Å²) in [4.78, 5) is 4.36. The van der Waals surface area contributed by atoms with E-state index in [0.29, 0.717) is 11.5 Å². The van der Waals surface area contributed by atoms with Crippen molar-refractivity contribution in [3.8, 4) is 0 Å². The number of nitrogens with two attached hydrogens (primary N) is 1. The monoisotopic (exact) mass is 369 g/mol. The molecule has 0 aliphatic heterocycles. The van der Waals surface area contributed by atoms with Crippen LogP contribution in [-0.2, 0) is 0 Å². The molecule has 0 unspecified atom stereocenters. The normalized spacial score (nSPS) is 12.3. The SMILES string of the molecule is C=C(/N=C(I)\C=C(/N)c1ccccc1)NCCCC. The molecule has 0 amide bonds. The van der Waals surface area contributed by atoms with E-state index < -0.39 is 0 Å². The van der Waals surface area contributed by atoms with Crippen LogP contribution >= 0.6 is 22.6 Å². The van der Waals surface area contributed by atoms with E-state index in [0.717, 1.165) is 28.7 Å². The molecule has 4 heteroatoms. The lowest BCUT2D eigenvalue weighted by molar-refractivity contribution is 0.708. The van der Waals surface area contributed by atoms with Crippen molar-refractivity contribution in [3.05, 3.63) is 54.4 Å². The molecule has 102 valence electrons. The Balaban J connectivity index is 2.62. The Hall–Kier alpha value is -1.30. The zero-order valence-corrected chi connectivity index (χ0v) is 13.4. The number of unbranched alkanes of at least 4 members (excludes halogenated alkanes) is 1.